The number of hydrogen-bond donors (Lipinski definition) is 1. The lowest BCUT2D eigenvalue weighted by atomic mass is 9.95. The number of carbonyl (C=O) groups is 1. The molecule has 2 heterocycles. The first kappa shape index (κ1) is 16.8. The van der Waals surface area contributed by atoms with Gasteiger partial charge in [-0.1, -0.05) is 20.8 Å². The molecule has 1 amide bonds. The number of H-pyrrole nitrogens is 1. The summed E-state index contributed by atoms with van der Waals surface area (Å²) in [4.78, 5) is 41.5. The number of carbonyl (C=O) groups excluding carboxylic acids is 1. The minimum Gasteiger partial charge on any atom is -0.336 e. The largest absolute Gasteiger partial charge is 0.336 e. The molecule has 0 atom stereocenters. The van der Waals surface area contributed by atoms with E-state index in [0.29, 0.717) is 17.2 Å². The zero-order valence-electron chi connectivity index (χ0n) is 14.0. The minimum atomic E-state index is -0.418. The molecule has 0 spiro atoms. The van der Waals surface area contributed by atoms with Gasteiger partial charge < -0.3 is 9.88 Å². The van der Waals surface area contributed by atoms with Gasteiger partial charge in [-0.2, -0.15) is 0 Å². The molecule has 1 N–H and O–H groups in total. The average Bonchev–Trinajstić information content (AvgIpc) is 2.46. The fraction of sp³-hybridized carbons (Fsp3) is 0.438. The number of nitrogens with one attached hydrogen (secondary N) is 1. The van der Waals surface area contributed by atoms with Crippen molar-refractivity contribution in [1.82, 2.24) is 24.8 Å². The number of hydrogen-bond acceptors (Lipinski definition) is 5. The second-order valence-electron chi connectivity index (χ2n) is 6.48. The van der Waals surface area contributed by atoms with E-state index in [-0.39, 0.29) is 23.4 Å². The Morgan fingerprint density at radius 2 is 2.00 bits per heavy atom. The van der Waals surface area contributed by atoms with Crippen LogP contribution in [0.1, 0.15) is 48.3 Å². The summed E-state index contributed by atoms with van der Waals surface area (Å²) in [5.74, 6) is 0.176. The molecule has 2 rings (SSSR count). The van der Waals surface area contributed by atoms with Crippen molar-refractivity contribution in [1.29, 1.82) is 0 Å². The van der Waals surface area contributed by atoms with Gasteiger partial charge in [-0.3, -0.25) is 19.6 Å². The Morgan fingerprint density at radius 1 is 1.30 bits per heavy atom. The number of aromatic amines is 1. The van der Waals surface area contributed by atoms with E-state index in [0.717, 1.165) is 0 Å². The van der Waals surface area contributed by atoms with Crippen LogP contribution >= 0.6 is 0 Å². The quantitative estimate of drug-likeness (QED) is 0.925. The summed E-state index contributed by atoms with van der Waals surface area (Å²) in [5.41, 5.74) is 0.422. The molecule has 122 valence electrons. The van der Waals surface area contributed by atoms with Crippen molar-refractivity contribution < 1.29 is 4.79 Å². The van der Waals surface area contributed by atoms with Crippen molar-refractivity contribution in [3.63, 3.8) is 0 Å². The minimum absolute atomic E-state index is 0.0596. The Hall–Kier alpha value is -2.57. The summed E-state index contributed by atoms with van der Waals surface area (Å²) in [6, 6.07) is 0. The molecular formula is C16H21N5O2. The van der Waals surface area contributed by atoms with Crippen molar-refractivity contribution in [2.45, 2.75) is 39.7 Å². The van der Waals surface area contributed by atoms with Crippen LogP contribution in [0.3, 0.4) is 0 Å². The predicted molar refractivity (Wildman–Crippen MR) is 86.1 cm³/mol. The first-order chi connectivity index (χ1) is 10.7. The lowest BCUT2D eigenvalue weighted by Crippen LogP contribution is -2.35. The molecule has 0 fully saturated rings. The summed E-state index contributed by atoms with van der Waals surface area (Å²) in [6.07, 6.45) is 4.71. The van der Waals surface area contributed by atoms with Gasteiger partial charge in [0.2, 0.25) is 0 Å². The van der Waals surface area contributed by atoms with Crippen LogP contribution in [-0.4, -0.2) is 37.8 Å². The molecule has 0 aromatic carbocycles. The predicted octanol–water partition coefficient (Wildman–Crippen LogP) is 1.44. The Kier molecular flexibility index (Phi) is 4.58. The van der Waals surface area contributed by atoms with Crippen LogP contribution in [0.4, 0.5) is 0 Å². The topological polar surface area (TPSA) is 91.8 Å². The van der Waals surface area contributed by atoms with E-state index in [1.54, 1.807) is 32.6 Å². The lowest BCUT2D eigenvalue weighted by Gasteiger charge is -2.20. The molecule has 0 unspecified atom stereocenters. The van der Waals surface area contributed by atoms with Crippen molar-refractivity contribution in [2.75, 3.05) is 7.05 Å². The number of aromatic nitrogens is 4. The second-order valence-corrected chi connectivity index (χ2v) is 6.48. The first-order valence-corrected chi connectivity index (χ1v) is 7.32. The van der Waals surface area contributed by atoms with E-state index in [9.17, 15) is 9.59 Å². The molecule has 23 heavy (non-hydrogen) atoms. The standard InChI is InChI=1S/C16H21N5O2/c1-10-12(13(22)20-15(19-10)16(2,3)4)14(23)21(5)9-11-8-17-6-7-18-11/h6-8H,9H2,1-5H3,(H,19,20,22). The fourth-order valence-corrected chi connectivity index (χ4v) is 2.11. The normalized spacial score (nSPS) is 11.3. The van der Waals surface area contributed by atoms with Gasteiger partial charge in [0, 0.05) is 24.9 Å². The monoisotopic (exact) mass is 315 g/mol. The maximum Gasteiger partial charge on any atom is 0.264 e. The van der Waals surface area contributed by atoms with Crippen LogP contribution in [-0.2, 0) is 12.0 Å². The molecule has 7 nitrogen and oxygen atoms in total. The van der Waals surface area contributed by atoms with Gasteiger partial charge in [0.15, 0.2) is 0 Å². The Bertz CT molecular complexity index is 762. The van der Waals surface area contributed by atoms with Gasteiger partial charge in [-0.15, -0.1) is 0 Å². The van der Waals surface area contributed by atoms with Crippen molar-refractivity contribution in [3.8, 4) is 0 Å². The summed E-state index contributed by atoms with van der Waals surface area (Å²) < 4.78 is 0. The number of nitrogens with zero attached hydrogens (tertiary/aromatic N) is 4. The molecule has 0 aliphatic heterocycles. The third-order valence-corrected chi connectivity index (χ3v) is 3.39. The van der Waals surface area contributed by atoms with Crippen molar-refractivity contribution in [2.24, 2.45) is 0 Å². The maximum absolute atomic E-state index is 12.6. The molecule has 7 heteroatoms. The number of amides is 1. The number of rotatable bonds is 3. The smallest absolute Gasteiger partial charge is 0.264 e. The number of aryl methyl sites for hydroxylation is 1. The van der Waals surface area contributed by atoms with Crippen LogP contribution in [0.25, 0.3) is 0 Å². The van der Waals surface area contributed by atoms with Gasteiger partial charge in [0.25, 0.3) is 11.5 Å². The molecule has 2 aromatic rings. The van der Waals surface area contributed by atoms with Crippen LogP contribution < -0.4 is 5.56 Å². The van der Waals surface area contributed by atoms with Crippen molar-refractivity contribution >= 4 is 5.91 Å². The summed E-state index contributed by atoms with van der Waals surface area (Å²) in [6.45, 7) is 7.80. The van der Waals surface area contributed by atoms with Gasteiger partial charge in [0.05, 0.1) is 24.1 Å². The Balaban J connectivity index is 2.31. The van der Waals surface area contributed by atoms with E-state index in [1.807, 2.05) is 20.8 Å². The molecule has 0 saturated carbocycles. The Labute approximate surface area is 134 Å². The average molecular weight is 315 g/mol. The van der Waals surface area contributed by atoms with Crippen LogP contribution in [0.2, 0.25) is 0 Å². The molecular weight excluding hydrogens is 294 g/mol. The van der Waals surface area contributed by atoms with E-state index >= 15 is 0 Å². The van der Waals surface area contributed by atoms with E-state index in [4.69, 9.17) is 0 Å². The van der Waals surface area contributed by atoms with Crippen LogP contribution in [0.15, 0.2) is 23.4 Å². The van der Waals surface area contributed by atoms with Gasteiger partial charge in [-0.25, -0.2) is 4.98 Å². The highest BCUT2D eigenvalue weighted by Crippen LogP contribution is 2.17. The molecule has 0 radical (unpaired) electrons. The van der Waals surface area contributed by atoms with E-state index in [2.05, 4.69) is 19.9 Å². The molecule has 2 aromatic heterocycles. The molecule has 0 saturated heterocycles. The SMILES string of the molecule is Cc1nc(C(C)(C)C)[nH]c(=O)c1C(=O)N(C)Cc1cnccn1. The highest BCUT2D eigenvalue weighted by molar-refractivity contribution is 5.94. The summed E-state index contributed by atoms with van der Waals surface area (Å²) in [5, 5.41) is 0. The zero-order chi connectivity index (χ0) is 17.2. The van der Waals surface area contributed by atoms with Crippen molar-refractivity contribution in [3.05, 3.63) is 51.7 Å². The molecule has 0 bridgehead atoms. The third-order valence-electron chi connectivity index (χ3n) is 3.39. The van der Waals surface area contributed by atoms with Gasteiger partial charge in [0.1, 0.15) is 11.4 Å². The fourth-order valence-electron chi connectivity index (χ4n) is 2.11. The lowest BCUT2D eigenvalue weighted by molar-refractivity contribution is 0.0780. The molecule has 0 aliphatic rings. The summed E-state index contributed by atoms with van der Waals surface area (Å²) in [7, 11) is 1.62. The summed E-state index contributed by atoms with van der Waals surface area (Å²) >= 11 is 0. The first-order valence-electron chi connectivity index (χ1n) is 7.32. The molecule has 0 aliphatic carbocycles. The Morgan fingerprint density at radius 3 is 2.52 bits per heavy atom. The highest BCUT2D eigenvalue weighted by atomic mass is 16.2. The highest BCUT2D eigenvalue weighted by Gasteiger charge is 2.24. The van der Waals surface area contributed by atoms with E-state index < -0.39 is 5.56 Å². The van der Waals surface area contributed by atoms with Gasteiger partial charge in [-0.05, 0) is 6.92 Å². The van der Waals surface area contributed by atoms with E-state index in [1.165, 1.54) is 4.90 Å². The van der Waals surface area contributed by atoms with Crippen LogP contribution in [0, 0.1) is 6.92 Å². The second kappa shape index (κ2) is 6.28. The zero-order valence-corrected chi connectivity index (χ0v) is 14.0. The maximum atomic E-state index is 12.6. The third kappa shape index (κ3) is 3.80. The van der Waals surface area contributed by atoms with Gasteiger partial charge >= 0.3 is 0 Å². The van der Waals surface area contributed by atoms with Crippen LogP contribution in [0.5, 0.6) is 0 Å².